The van der Waals surface area contributed by atoms with E-state index in [1.807, 2.05) is 11.8 Å². The fourth-order valence-electron chi connectivity index (χ4n) is 3.53. The lowest BCUT2D eigenvalue weighted by atomic mass is 9.87. The van der Waals surface area contributed by atoms with Crippen molar-refractivity contribution in [2.45, 2.75) is 44.6 Å². The highest BCUT2D eigenvalue weighted by molar-refractivity contribution is 5.79. The molecule has 1 fully saturated rings. The summed E-state index contributed by atoms with van der Waals surface area (Å²) in [4.78, 5) is 26.1. The van der Waals surface area contributed by atoms with Crippen LogP contribution in [0.5, 0.6) is 0 Å². The van der Waals surface area contributed by atoms with Gasteiger partial charge in [-0.2, -0.15) is 5.10 Å². The quantitative estimate of drug-likeness (QED) is 0.861. The number of carbonyl (C=O) groups is 2. The minimum absolute atomic E-state index is 0.136. The molecule has 1 atom stereocenters. The average Bonchev–Trinajstić information content (AvgIpc) is 3.19. The molecule has 1 N–H and O–H groups in total. The van der Waals surface area contributed by atoms with Crippen molar-refractivity contribution in [1.29, 1.82) is 0 Å². The number of hydrogen-bond acceptors (Lipinski definition) is 3. The standard InChI is InChI=1S/C17H23N3O3/c1-13-11-18-20(12-13)17(16(22)23)6-8-19(9-7-17)15(21)10-14-4-2-3-5-14/h2,4,11-12,14H,3,5-10H2,1H3,(H,22,23)/t14-/m1/s1. The van der Waals surface area contributed by atoms with E-state index >= 15 is 0 Å². The number of likely N-dealkylation sites (tertiary alicyclic amines) is 1. The molecule has 1 aliphatic carbocycles. The first-order valence-electron chi connectivity index (χ1n) is 8.21. The van der Waals surface area contributed by atoms with Gasteiger partial charge in [0.25, 0.3) is 0 Å². The molecule has 0 unspecified atom stereocenters. The molecule has 1 aromatic rings. The van der Waals surface area contributed by atoms with E-state index in [1.54, 1.807) is 17.1 Å². The molecule has 0 saturated carbocycles. The molecule has 0 spiro atoms. The van der Waals surface area contributed by atoms with Crippen molar-refractivity contribution in [3.05, 3.63) is 30.1 Å². The number of rotatable bonds is 4. The lowest BCUT2D eigenvalue weighted by molar-refractivity contribution is -0.153. The highest BCUT2D eigenvalue weighted by atomic mass is 16.4. The number of carbonyl (C=O) groups excluding carboxylic acids is 1. The summed E-state index contributed by atoms with van der Waals surface area (Å²) in [6.07, 6.45) is 11.1. The van der Waals surface area contributed by atoms with Crippen LogP contribution in [0.15, 0.2) is 24.5 Å². The van der Waals surface area contributed by atoms with Crippen LogP contribution >= 0.6 is 0 Å². The van der Waals surface area contributed by atoms with Crippen LogP contribution in [0.4, 0.5) is 0 Å². The molecule has 1 aromatic heterocycles. The van der Waals surface area contributed by atoms with Gasteiger partial charge in [-0.25, -0.2) is 4.79 Å². The number of aromatic nitrogens is 2. The van der Waals surface area contributed by atoms with Crippen molar-refractivity contribution >= 4 is 11.9 Å². The van der Waals surface area contributed by atoms with Crippen LogP contribution in [-0.2, 0) is 15.1 Å². The van der Waals surface area contributed by atoms with E-state index in [9.17, 15) is 14.7 Å². The Balaban J connectivity index is 1.66. The van der Waals surface area contributed by atoms with Crippen LogP contribution in [0.2, 0.25) is 0 Å². The van der Waals surface area contributed by atoms with Gasteiger partial charge in [0.05, 0.1) is 6.20 Å². The van der Waals surface area contributed by atoms with Crippen LogP contribution in [0, 0.1) is 12.8 Å². The highest BCUT2D eigenvalue weighted by Gasteiger charge is 2.44. The fourth-order valence-corrected chi connectivity index (χ4v) is 3.53. The summed E-state index contributed by atoms with van der Waals surface area (Å²) in [6.45, 7) is 2.84. The molecule has 6 nitrogen and oxygen atoms in total. The Hall–Kier alpha value is -2.11. The molecule has 1 aliphatic heterocycles. The molecule has 23 heavy (non-hydrogen) atoms. The van der Waals surface area contributed by atoms with Crippen molar-refractivity contribution in [2.75, 3.05) is 13.1 Å². The molecule has 6 heteroatoms. The van der Waals surface area contributed by atoms with Gasteiger partial charge in [-0.1, -0.05) is 12.2 Å². The molecule has 2 heterocycles. The number of carboxylic acids is 1. The predicted octanol–water partition coefficient (Wildman–Crippen LogP) is 1.95. The van der Waals surface area contributed by atoms with Crippen molar-refractivity contribution < 1.29 is 14.7 Å². The largest absolute Gasteiger partial charge is 0.479 e. The maximum absolute atomic E-state index is 12.4. The SMILES string of the molecule is Cc1cnn(C2(C(=O)O)CCN(C(=O)C[C@@H]3C=CCC3)CC2)c1. The van der Waals surface area contributed by atoms with E-state index in [-0.39, 0.29) is 5.91 Å². The second-order valence-electron chi connectivity index (χ2n) is 6.65. The summed E-state index contributed by atoms with van der Waals surface area (Å²) >= 11 is 0. The fraction of sp³-hybridized carbons (Fsp3) is 0.588. The zero-order chi connectivity index (χ0) is 16.4. The third kappa shape index (κ3) is 3.02. The van der Waals surface area contributed by atoms with Crippen LogP contribution < -0.4 is 0 Å². The minimum atomic E-state index is -1.03. The van der Waals surface area contributed by atoms with Gasteiger partial charge >= 0.3 is 5.97 Å². The summed E-state index contributed by atoms with van der Waals surface area (Å²) in [7, 11) is 0. The van der Waals surface area contributed by atoms with Gasteiger partial charge in [0.1, 0.15) is 0 Å². The molecule has 2 aliphatic rings. The summed E-state index contributed by atoms with van der Waals surface area (Å²) in [6, 6.07) is 0. The van der Waals surface area contributed by atoms with Gasteiger partial charge in [0.2, 0.25) is 5.91 Å². The van der Waals surface area contributed by atoms with Gasteiger partial charge in [-0.15, -0.1) is 0 Å². The predicted molar refractivity (Wildman–Crippen MR) is 84.9 cm³/mol. The molecule has 0 bridgehead atoms. The smallest absolute Gasteiger partial charge is 0.331 e. The number of nitrogens with zero attached hydrogens (tertiary/aromatic N) is 3. The third-order valence-electron chi connectivity index (χ3n) is 5.04. The highest BCUT2D eigenvalue weighted by Crippen LogP contribution is 2.31. The Morgan fingerprint density at radius 2 is 2.13 bits per heavy atom. The second kappa shape index (κ2) is 6.18. The number of allylic oxidation sites excluding steroid dienone is 2. The van der Waals surface area contributed by atoms with Crippen LogP contribution in [0.3, 0.4) is 0 Å². The molecule has 3 rings (SSSR count). The molecule has 0 aromatic carbocycles. The summed E-state index contributed by atoms with van der Waals surface area (Å²) < 4.78 is 1.56. The molecule has 1 saturated heterocycles. The Kier molecular flexibility index (Phi) is 4.24. The molecule has 124 valence electrons. The van der Waals surface area contributed by atoms with Gasteiger partial charge in [0.15, 0.2) is 5.54 Å². The third-order valence-corrected chi connectivity index (χ3v) is 5.04. The van der Waals surface area contributed by atoms with Crippen molar-refractivity contribution in [2.24, 2.45) is 5.92 Å². The topological polar surface area (TPSA) is 75.4 Å². The van der Waals surface area contributed by atoms with Gasteiger partial charge in [-0.3, -0.25) is 9.48 Å². The number of carboxylic acid groups (broad SMARTS) is 1. The van der Waals surface area contributed by atoms with E-state index in [1.165, 1.54) is 0 Å². The first-order chi connectivity index (χ1) is 11.0. The summed E-state index contributed by atoms with van der Waals surface area (Å²) in [5.41, 5.74) is -0.0877. The minimum Gasteiger partial charge on any atom is -0.479 e. The number of amides is 1. The first-order valence-corrected chi connectivity index (χ1v) is 8.21. The number of piperidine rings is 1. The van der Waals surface area contributed by atoms with E-state index in [4.69, 9.17) is 0 Å². The number of hydrogen-bond donors (Lipinski definition) is 1. The van der Waals surface area contributed by atoms with Crippen molar-refractivity contribution in [1.82, 2.24) is 14.7 Å². The van der Waals surface area contributed by atoms with Gasteiger partial charge in [-0.05, 0) is 31.2 Å². The molecular formula is C17H23N3O3. The first kappa shape index (κ1) is 15.8. The lowest BCUT2D eigenvalue weighted by Crippen LogP contribution is -2.52. The Labute approximate surface area is 135 Å². The van der Waals surface area contributed by atoms with E-state index in [0.717, 1.165) is 18.4 Å². The van der Waals surface area contributed by atoms with Crippen LogP contribution in [0.25, 0.3) is 0 Å². The Morgan fingerprint density at radius 1 is 1.39 bits per heavy atom. The molecule has 0 radical (unpaired) electrons. The van der Waals surface area contributed by atoms with Crippen LogP contribution in [-0.4, -0.2) is 44.8 Å². The monoisotopic (exact) mass is 317 g/mol. The second-order valence-corrected chi connectivity index (χ2v) is 6.65. The zero-order valence-electron chi connectivity index (χ0n) is 13.4. The maximum Gasteiger partial charge on any atom is 0.331 e. The number of aryl methyl sites for hydroxylation is 1. The zero-order valence-corrected chi connectivity index (χ0v) is 13.4. The van der Waals surface area contributed by atoms with Crippen molar-refractivity contribution in [3.8, 4) is 0 Å². The van der Waals surface area contributed by atoms with Crippen LogP contribution in [0.1, 0.15) is 37.7 Å². The van der Waals surface area contributed by atoms with Crippen molar-refractivity contribution in [3.63, 3.8) is 0 Å². The summed E-state index contributed by atoms with van der Waals surface area (Å²) in [5.74, 6) is -0.383. The Bertz CT molecular complexity index is 627. The van der Waals surface area contributed by atoms with E-state index in [0.29, 0.717) is 38.3 Å². The Morgan fingerprint density at radius 3 is 2.65 bits per heavy atom. The van der Waals surface area contributed by atoms with E-state index in [2.05, 4.69) is 17.3 Å². The lowest BCUT2D eigenvalue weighted by Gasteiger charge is -2.39. The molecular weight excluding hydrogens is 294 g/mol. The van der Waals surface area contributed by atoms with Gasteiger partial charge in [0, 0.05) is 38.5 Å². The normalized spacial score (nSPS) is 23.2. The molecule has 1 amide bonds. The van der Waals surface area contributed by atoms with Gasteiger partial charge < -0.3 is 10.0 Å². The summed E-state index contributed by atoms with van der Waals surface area (Å²) in [5, 5.41) is 13.9. The number of aliphatic carboxylic acids is 1. The average molecular weight is 317 g/mol. The van der Waals surface area contributed by atoms with E-state index < -0.39 is 11.5 Å². The maximum atomic E-state index is 12.4.